The fourth-order valence-corrected chi connectivity index (χ4v) is 4.83. The fraction of sp³-hybridized carbons (Fsp3) is 0.200. The summed E-state index contributed by atoms with van der Waals surface area (Å²) < 4.78 is 1.51. The first-order valence-corrected chi connectivity index (χ1v) is 11.5. The van der Waals surface area contributed by atoms with Crippen molar-refractivity contribution in [3.63, 3.8) is 0 Å². The van der Waals surface area contributed by atoms with Crippen molar-refractivity contribution in [3.8, 4) is 5.82 Å². The number of pyridine rings is 1. The summed E-state index contributed by atoms with van der Waals surface area (Å²) in [5.41, 5.74) is 3.93. The average Bonchev–Trinajstić information content (AvgIpc) is 2.83. The second-order valence-electron chi connectivity index (χ2n) is 7.87. The van der Waals surface area contributed by atoms with E-state index in [1.165, 1.54) is 27.5 Å². The van der Waals surface area contributed by atoms with Gasteiger partial charge in [0.2, 0.25) is 5.91 Å². The van der Waals surface area contributed by atoms with Crippen LogP contribution in [0.4, 0.5) is 0 Å². The molecule has 6 nitrogen and oxygen atoms in total. The molecule has 5 rings (SSSR count). The molecule has 1 aliphatic heterocycles. The Kier molecular flexibility index (Phi) is 5.49. The van der Waals surface area contributed by atoms with Gasteiger partial charge >= 0.3 is 0 Å². The van der Waals surface area contributed by atoms with E-state index in [0.717, 1.165) is 12.0 Å². The second-order valence-corrected chi connectivity index (χ2v) is 8.81. The smallest absolute Gasteiger partial charge is 0.267 e. The molecule has 0 radical (unpaired) electrons. The number of amides is 1. The molecule has 0 N–H and O–H groups in total. The number of rotatable bonds is 4. The Morgan fingerprint density at radius 3 is 2.62 bits per heavy atom. The molecule has 0 atom stereocenters. The minimum absolute atomic E-state index is 0.0373. The van der Waals surface area contributed by atoms with Crippen molar-refractivity contribution in [2.75, 3.05) is 12.3 Å². The van der Waals surface area contributed by atoms with Gasteiger partial charge in [0.15, 0.2) is 5.16 Å². The molecule has 0 bridgehead atoms. The van der Waals surface area contributed by atoms with Crippen molar-refractivity contribution in [2.24, 2.45) is 0 Å². The number of hydrogen-bond acceptors (Lipinski definition) is 5. The number of fused-ring (bicyclic) bond motifs is 2. The summed E-state index contributed by atoms with van der Waals surface area (Å²) in [6.07, 6.45) is 2.58. The topological polar surface area (TPSA) is 68.1 Å². The number of carbonyl (C=O) groups excluding carboxylic acids is 1. The number of nitrogens with zero attached hydrogens (tertiary/aromatic N) is 4. The summed E-state index contributed by atoms with van der Waals surface area (Å²) in [7, 11) is 0. The van der Waals surface area contributed by atoms with Crippen LogP contribution in [-0.4, -0.2) is 37.6 Å². The molecule has 160 valence electrons. The number of carbonyl (C=O) groups is 1. The van der Waals surface area contributed by atoms with E-state index >= 15 is 0 Å². The number of para-hydroxylation sites is 1. The first kappa shape index (κ1) is 20.5. The van der Waals surface area contributed by atoms with Gasteiger partial charge < -0.3 is 4.90 Å². The molecular weight excluding hydrogens is 420 g/mol. The van der Waals surface area contributed by atoms with Gasteiger partial charge in [0.05, 0.1) is 16.7 Å². The van der Waals surface area contributed by atoms with E-state index in [9.17, 15) is 9.59 Å². The highest BCUT2D eigenvalue weighted by molar-refractivity contribution is 7.99. The molecule has 0 unspecified atom stereocenters. The van der Waals surface area contributed by atoms with Crippen molar-refractivity contribution >= 4 is 28.6 Å². The Morgan fingerprint density at radius 2 is 1.81 bits per heavy atom. The van der Waals surface area contributed by atoms with Crippen LogP contribution < -0.4 is 5.56 Å². The van der Waals surface area contributed by atoms with E-state index in [4.69, 9.17) is 4.98 Å². The van der Waals surface area contributed by atoms with Crippen LogP contribution in [0.5, 0.6) is 0 Å². The second kappa shape index (κ2) is 8.59. The number of hydrogen-bond donors (Lipinski definition) is 0. The van der Waals surface area contributed by atoms with E-state index in [0.29, 0.717) is 35.0 Å². The van der Waals surface area contributed by atoms with Crippen LogP contribution in [0.3, 0.4) is 0 Å². The molecular formula is C25H22N4O2S. The summed E-state index contributed by atoms with van der Waals surface area (Å²) in [5.74, 6) is 0.745. The van der Waals surface area contributed by atoms with Gasteiger partial charge in [0, 0.05) is 19.3 Å². The molecule has 1 aliphatic rings. The van der Waals surface area contributed by atoms with Crippen LogP contribution in [0.1, 0.15) is 16.7 Å². The van der Waals surface area contributed by atoms with E-state index in [2.05, 4.69) is 17.1 Å². The standard InChI is InChI=1S/C25H22N4O2S/c1-17-10-11-22(26-14-17)29-24(31)20-8-4-5-9-21(20)27-25(29)32-16-23(30)28-13-12-18-6-2-3-7-19(18)15-28/h2-11,14H,12-13,15-16H2,1H3. The molecule has 4 aromatic rings. The van der Waals surface area contributed by atoms with Gasteiger partial charge in [-0.2, -0.15) is 0 Å². The van der Waals surface area contributed by atoms with Crippen molar-refractivity contribution in [2.45, 2.75) is 25.0 Å². The lowest BCUT2D eigenvalue weighted by Gasteiger charge is -2.28. The zero-order valence-electron chi connectivity index (χ0n) is 17.7. The van der Waals surface area contributed by atoms with Crippen LogP contribution in [0, 0.1) is 6.92 Å². The maximum absolute atomic E-state index is 13.3. The highest BCUT2D eigenvalue weighted by Crippen LogP contribution is 2.23. The van der Waals surface area contributed by atoms with Gasteiger partial charge in [-0.05, 0) is 48.2 Å². The zero-order valence-corrected chi connectivity index (χ0v) is 18.5. The zero-order chi connectivity index (χ0) is 22.1. The van der Waals surface area contributed by atoms with E-state index in [-0.39, 0.29) is 17.2 Å². The van der Waals surface area contributed by atoms with Crippen molar-refractivity contribution < 1.29 is 4.79 Å². The lowest BCUT2D eigenvalue weighted by Crippen LogP contribution is -2.37. The number of thioether (sulfide) groups is 1. The van der Waals surface area contributed by atoms with Crippen molar-refractivity contribution in [1.82, 2.24) is 19.4 Å². The summed E-state index contributed by atoms with van der Waals surface area (Å²) in [6, 6.07) is 19.2. The van der Waals surface area contributed by atoms with E-state index in [1.54, 1.807) is 18.3 Å². The summed E-state index contributed by atoms with van der Waals surface area (Å²) >= 11 is 1.28. The summed E-state index contributed by atoms with van der Waals surface area (Å²) in [4.78, 5) is 37.3. The molecule has 0 saturated heterocycles. The average molecular weight is 443 g/mol. The van der Waals surface area contributed by atoms with Gasteiger partial charge in [-0.1, -0.05) is 54.2 Å². The molecule has 2 aromatic heterocycles. The quantitative estimate of drug-likeness (QED) is 0.356. The molecule has 0 saturated carbocycles. The molecule has 1 amide bonds. The Hall–Kier alpha value is -3.45. The van der Waals surface area contributed by atoms with Crippen LogP contribution >= 0.6 is 11.8 Å². The van der Waals surface area contributed by atoms with Crippen LogP contribution in [-0.2, 0) is 17.8 Å². The molecule has 32 heavy (non-hydrogen) atoms. The maximum Gasteiger partial charge on any atom is 0.267 e. The van der Waals surface area contributed by atoms with Gasteiger partial charge in [0.1, 0.15) is 5.82 Å². The van der Waals surface area contributed by atoms with Crippen LogP contribution in [0.2, 0.25) is 0 Å². The van der Waals surface area contributed by atoms with Crippen LogP contribution in [0.15, 0.2) is 76.8 Å². The first-order chi connectivity index (χ1) is 15.6. The fourth-order valence-electron chi connectivity index (χ4n) is 3.93. The highest BCUT2D eigenvalue weighted by atomic mass is 32.2. The maximum atomic E-state index is 13.3. The monoisotopic (exact) mass is 442 g/mol. The molecule has 0 fully saturated rings. The number of aryl methyl sites for hydroxylation is 1. The summed E-state index contributed by atoms with van der Waals surface area (Å²) in [6.45, 7) is 3.27. The van der Waals surface area contributed by atoms with Crippen molar-refractivity contribution in [3.05, 3.63) is 93.9 Å². The normalized spacial score (nSPS) is 13.2. The molecule has 3 heterocycles. The van der Waals surface area contributed by atoms with Crippen molar-refractivity contribution in [1.29, 1.82) is 0 Å². The lowest BCUT2D eigenvalue weighted by molar-refractivity contribution is -0.129. The van der Waals surface area contributed by atoms with Gasteiger partial charge in [-0.3, -0.25) is 9.59 Å². The molecule has 7 heteroatoms. The third kappa shape index (κ3) is 3.91. The number of aromatic nitrogens is 3. The largest absolute Gasteiger partial charge is 0.337 e. The van der Waals surface area contributed by atoms with E-state index < -0.39 is 0 Å². The SMILES string of the molecule is Cc1ccc(-n2c(SCC(=O)N3CCc4ccccc4C3)nc3ccccc3c2=O)nc1. The summed E-state index contributed by atoms with van der Waals surface area (Å²) in [5, 5.41) is 0.994. The number of benzene rings is 2. The minimum Gasteiger partial charge on any atom is -0.337 e. The Morgan fingerprint density at radius 1 is 1.03 bits per heavy atom. The lowest BCUT2D eigenvalue weighted by atomic mass is 10.00. The van der Waals surface area contributed by atoms with Crippen LogP contribution in [0.25, 0.3) is 16.7 Å². The Balaban J connectivity index is 1.45. The van der Waals surface area contributed by atoms with Gasteiger partial charge in [-0.15, -0.1) is 0 Å². The predicted molar refractivity (Wildman–Crippen MR) is 126 cm³/mol. The molecule has 2 aromatic carbocycles. The Bertz CT molecular complexity index is 1360. The third-order valence-electron chi connectivity index (χ3n) is 5.68. The predicted octanol–water partition coefficient (Wildman–Crippen LogP) is 3.77. The van der Waals surface area contributed by atoms with Gasteiger partial charge in [-0.25, -0.2) is 14.5 Å². The third-order valence-corrected chi connectivity index (χ3v) is 6.60. The minimum atomic E-state index is -0.186. The molecule has 0 aliphatic carbocycles. The molecule has 0 spiro atoms. The Labute approximate surface area is 189 Å². The first-order valence-electron chi connectivity index (χ1n) is 10.5. The van der Waals surface area contributed by atoms with E-state index in [1.807, 2.05) is 48.2 Å². The highest BCUT2D eigenvalue weighted by Gasteiger charge is 2.22. The van der Waals surface area contributed by atoms with Gasteiger partial charge in [0.25, 0.3) is 5.56 Å².